The van der Waals surface area contributed by atoms with Crippen molar-refractivity contribution in [3.05, 3.63) is 16.1 Å². The number of nitrogens with one attached hydrogen (secondary N) is 1. The summed E-state index contributed by atoms with van der Waals surface area (Å²) in [5.41, 5.74) is 0. The largest absolute Gasteiger partial charge is 0.390 e. The lowest BCUT2D eigenvalue weighted by atomic mass is 10.2. The highest BCUT2D eigenvalue weighted by molar-refractivity contribution is 7.11. The normalized spacial score (nSPS) is 20.4. The Hall–Kier alpha value is -0.530. The first-order chi connectivity index (χ1) is 9.15. The van der Waals surface area contributed by atoms with Gasteiger partial charge in [0.15, 0.2) is 0 Å². The lowest BCUT2D eigenvalue weighted by Crippen LogP contribution is -2.44. The van der Waals surface area contributed by atoms with Crippen LogP contribution in [0.1, 0.15) is 22.9 Å². The van der Waals surface area contributed by atoms with E-state index in [4.69, 9.17) is 4.74 Å². The first kappa shape index (κ1) is 14.9. The van der Waals surface area contributed by atoms with E-state index in [1.54, 1.807) is 11.3 Å². The van der Waals surface area contributed by atoms with Gasteiger partial charge in [-0.1, -0.05) is 0 Å². The molecule has 0 spiro atoms. The summed E-state index contributed by atoms with van der Waals surface area (Å²) in [6.45, 7) is 8.82. The first-order valence-corrected chi connectivity index (χ1v) is 7.60. The molecule has 0 amide bonds. The molecule has 19 heavy (non-hydrogen) atoms. The molecule has 0 aliphatic carbocycles. The number of β-amino-alcohol motifs (C(OH)–C–C–N with tert-alkyl or cyclic N) is 1. The summed E-state index contributed by atoms with van der Waals surface area (Å²) in [5.74, 6) is 0. The molecule has 1 aliphatic heterocycles. The summed E-state index contributed by atoms with van der Waals surface area (Å²) in [7, 11) is 0. The number of nitrogens with zero attached hydrogens (tertiary/aromatic N) is 2. The molecule has 0 saturated carbocycles. The van der Waals surface area contributed by atoms with E-state index >= 15 is 0 Å². The van der Waals surface area contributed by atoms with Crippen LogP contribution in [0.2, 0.25) is 0 Å². The van der Waals surface area contributed by atoms with Gasteiger partial charge in [-0.25, -0.2) is 4.98 Å². The van der Waals surface area contributed by atoms with E-state index in [-0.39, 0.29) is 12.1 Å². The van der Waals surface area contributed by atoms with Crippen molar-refractivity contribution >= 4 is 11.3 Å². The van der Waals surface area contributed by atoms with Crippen molar-refractivity contribution in [2.45, 2.75) is 26.0 Å². The maximum Gasteiger partial charge on any atom is 0.109 e. The van der Waals surface area contributed by atoms with Gasteiger partial charge in [-0.3, -0.25) is 4.90 Å². The minimum atomic E-state index is -0.346. The smallest absolute Gasteiger partial charge is 0.109 e. The topological polar surface area (TPSA) is 57.6 Å². The predicted octanol–water partition coefficient (Wildman–Crippen LogP) is 0.795. The van der Waals surface area contributed by atoms with Gasteiger partial charge in [-0.2, -0.15) is 0 Å². The Morgan fingerprint density at radius 1 is 1.53 bits per heavy atom. The molecule has 5 nitrogen and oxygen atoms in total. The Labute approximate surface area is 118 Å². The number of rotatable bonds is 6. The molecule has 1 fully saturated rings. The zero-order valence-corrected chi connectivity index (χ0v) is 12.4. The lowest BCUT2D eigenvalue weighted by molar-refractivity contribution is 0.0145. The third-order valence-corrected chi connectivity index (χ3v) is 4.34. The van der Waals surface area contributed by atoms with Crippen molar-refractivity contribution in [1.29, 1.82) is 0 Å². The minimum Gasteiger partial charge on any atom is -0.390 e. The second-order valence-electron chi connectivity index (χ2n) is 5.01. The number of hydrogen-bond acceptors (Lipinski definition) is 6. The van der Waals surface area contributed by atoms with Crippen LogP contribution in [-0.4, -0.2) is 60.5 Å². The molecule has 2 atom stereocenters. The number of aryl methyl sites for hydroxylation is 1. The molecule has 2 unspecified atom stereocenters. The Morgan fingerprint density at radius 3 is 2.89 bits per heavy atom. The fourth-order valence-corrected chi connectivity index (χ4v) is 2.92. The summed E-state index contributed by atoms with van der Waals surface area (Å²) in [4.78, 5) is 7.82. The number of thiazole rings is 1. The van der Waals surface area contributed by atoms with Crippen molar-refractivity contribution in [3.63, 3.8) is 0 Å². The highest BCUT2D eigenvalue weighted by Crippen LogP contribution is 2.18. The SMILES string of the molecule is Cc1cnc(C(C)NCC(O)CN2CCOCC2)s1. The van der Waals surface area contributed by atoms with Gasteiger partial charge in [-0.05, 0) is 13.8 Å². The highest BCUT2D eigenvalue weighted by atomic mass is 32.1. The lowest BCUT2D eigenvalue weighted by Gasteiger charge is -2.28. The fourth-order valence-electron chi connectivity index (χ4n) is 2.12. The van der Waals surface area contributed by atoms with Gasteiger partial charge in [0.1, 0.15) is 5.01 Å². The zero-order chi connectivity index (χ0) is 13.7. The molecule has 6 heteroatoms. The van der Waals surface area contributed by atoms with Crippen LogP contribution in [0.25, 0.3) is 0 Å². The fraction of sp³-hybridized carbons (Fsp3) is 0.769. The second-order valence-corrected chi connectivity index (χ2v) is 6.27. The van der Waals surface area contributed by atoms with Gasteiger partial charge < -0.3 is 15.2 Å². The van der Waals surface area contributed by atoms with Gasteiger partial charge in [0.25, 0.3) is 0 Å². The Bertz CT molecular complexity index is 380. The predicted molar refractivity (Wildman–Crippen MR) is 76.5 cm³/mol. The van der Waals surface area contributed by atoms with Crippen LogP contribution >= 0.6 is 11.3 Å². The van der Waals surface area contributed by atoms with Gasteiger partial charge in [-0.15, -0.1) is 11.3 Å². The molecule has 1 aliphatic rings. The molecule has 0 aromatic carbocycles. The van der Waals surface area contributed by atoms with Crippen molar-refractivity contribution in [1.82, 2.24) is 15.2 Å². The van der Waals surface area contributed by atoms with E-state index in [9.17, 15) is 5.11 Å². The highest BCUT2D eigenvalue weighted by Gasteiger charge is 2.16. The molecule has 2 N–H and O–H groups in total. The van der Waals surface area contributed by atoms with Crippen LogP contribution in [-0.2, 0) is 4.74 Å². The van der Waals surface area contributed by atoms with E-state index in [0.717, 1.165) is 31.3 Å². The van der Waals surface area contributed by atoms with Crippen LogP contribution in [0.5, 0.6) is 0 Å². The zero-order valence-electron chi connectivity index (χ0n) is 11.6. The minimum absolute atomic E-state index is 0.193. The molecule has 2 heterocycles. The van der Waals surface area contributed by atoms with Crippen LogP contribution in [0, 0.1) is 6.92 Å². The Balaban J connectivity index is 1.69. The maximum absolute atomic E-state index is 10.0. The van der Waals surface area contributed by atoms with E-state index in [2.05, 4.69) is 29.0 Å². The third-order valence-electron chi connectivity index (χ3n) is 3.24. The Kier molecular flexibility index (Phi) is 5.72. The number of morpholine rings is 1. The summed E-state index contributed by atoms with van der Waals surface area (Å²) < 4.78 is 5.29. The quantitative estimate of drug-likeness (QED) is 0.809. The van der Waals surface area contributed by atoms with Gasteiger partial charge in [0, 0.05) is 37.3 Å². The summed E-state index contributed by atoms with van der Waals surface area (Å²) >= 11 is 1.70. The Morgan fingerprint density at radius 2 is 2.26 bits per heavy atom. The number of ether oxygens (including phenoxy) is 1. The van der Waals surface area contributed by atoms with Crippen LogP contribution in [0.4, 0.5) is 0 Å². The third kappa shape index (κ3) is 4.81. The van der Waals surface area contributed by atoms with E-state index in [0.29, 0.717) is 13.1 Å². The van der Waals surface area contributed by atoms with Crippen LogP contribution in [0.15, 0.2) is 6.20 Å². The monoisotopic (exact) mass is 285 g/mol. The van der Waals surface area contributed by atoms with E-state index in [1.165, 1.54) is 4.88 Å². The molecule has 0 radical (unpaired) electrons. The first-order valence-electron chi connectivity index (χ1n) is 6.79. The number of hydrogen-bond donors (Lipinski definition) is 2. The molecular weight excluding hydrogens is 262 g/mol. The van der Waals surface area contributed by atoms with Gasteiger partial charge in [0.2, 0.25) is 0 Å². The maximum atomic E-state index is 10.0. The average molecular weight is 285 g/mol. The number of aromatic nitrogens is 1. The summed E-state index contributed by atoms with van der Waals surface area (Å²) in [6, 6.07) is 0.193. The molecule has 0 bridgehead atoms. The van der Waals surface area contributed by atoms with Crippen molar-refractivity contribution < 1.29 is 9.84 Å². The van der Waals surface area contributed by atoms with Crippen LogP contribution < -0.4 is 5.32 Å². The van der Waals surface area contributed by atoms with Gasteiger partial charge in [0.05, 0.1) is 25.4 Å². The van der Waals surface area contributed by atoms with Crippen molar-refractivity contribution in [2.24, 2.45) is 0 Å². The summed E-state index contributed by atoms with van der Waals surface area (Å²) in [6.07, 6.45) is 1.55. The van der Waals surface area contributed by atoms with E-state index < -0.39 is 0 Å². The standard InChI is InChI=1S/C13H23N3O2S/c1-10-7-15-13(19-10)11(2)14-8-12(17)9-16-3-5-18-6-4-16/h7,11-12,14,17H,3-6,8-9H2,1-2H3. The molecular formula is C13H23N3O2S. The van der Waals surface area contributed by atoms with Gasteiger partial charge >= 0.3 is 0 Å². The molecule has 2 rings (SSSR count). The molecule has 1 aromatic heterocycles. The number of aliphatic hydroxyl groups excluding tert-OH is 1. The summed E-state index contributed by atoms with van der Waals surface area (Å²) in [5, 5.41) is 14.5. The average Bonchev–Trinajstić information content (AvgIpc) is 2.84. The molecule has 1 saturated heterocycles. The second kappa shape index (κ2) is 7.31. The molecule has 1 aromatic rings. The molecule has 108 valence electrons. The number of aliphatic hydroxyl groups is 1. The van der Waals surface area contributed by atoms with Crippen molar-refractivity contribution in [3.8, 4) is 0 Å². The van der Waals surface area contributed by atoms with Crippen molar-refractivity contribution in [2.75, 3.05) is 39.4 Å². The van der Waals surface area contributed by atoms with E-state index in [1.807, 2.05) is 6.20 Å². The van der Waals surface area contributed by atoms with Crippen LogP contribution in [0.3, 0.4) is 0 Å².